The molecule has 80 valence electrons. The number of carbonyl (C=O) groups excluding carboxylic acids is 1. The van der Waals surface area contributed by atoms with Crippen molar-refractivity contribution in [1.29, 1.82) is 0 Å². The normalized spacial score (nSPS) is 29.2. The van der Waals surface area contributed by atoms with E-state index in [1.54, 1.807) is 0 Å². The Bertz CT molecular complexity index is 369. The number of rotatable bonds is 3. The Morgan fingerprint density at radius 1 is 1.40 bits per heavy atom. The van der Waals surface area contributed by atoms with Crippen LogP contribution in [0.3, 0.4) is 0 Å². The van der Waals surface area contributed by atoms with E-state index >= 15 is 0 Å². The molecule has 2 heteroatoms. The summed E-state index contributed by atoms with van der Waals surface area (Å²) < 4.78 is 1.09. The molecule has 0 aromatic heterocycles. The van der Waals surface area contributed by atoms with Crippen molar-refractivity contribution in [3.05, 3.63) is 34.3 Å². The highest BCUT2D eigenvalue weighted by atomic mass is 79.9. The highest BCUT2D eigenvalue weighted by Crippen LogP contribution is 2.58. The van der Waals surface area contributed by atoms with Crippen LogP contribution in [0.15, 0.2) is 28.7 Å². The molecule has 0 N–H and O–H groups in total. The molecule has 1 aliphatic carbocycles. The number of benzene rings is 1. The van der Waals surface area contributed by atoms with Crippen molar-refractivity contribution >= 4 is 22.2 Å². The van der Waals surface area contributed by atoms with Gasteiger partial charge in [0.05, 0.1) is 0 Å². The fraction of sp³-hybridized carbons (Fsp3) is 0.462. The van der Waals surface area contributed by atoms with E-state index in [0.717, 1.165) is 17.2 Å². The van der Waals surface area contributed by atoms with Crippen molar-refractivity contribution in [3.63, 3.8) is 0 Å². The highest BCUT2D eigenvalue weighted by Gasteiger charge is 2.56. The maximum Gasteiger partial charge on any atom is 0.124 e. The minimum atomic E-state index is 0.114. The van der Waals surface area contributed by atoms with E-state index in [4.69, 9.17) is 0 Å². The molecule has 0 amide bonds. The Balaban J connectivity index is 2.36. The molecule has 1 saturated carbocycles. The van der Waals surface area contributed by atoms with E-state index in [9.17, 15) is 4.79 Å². The van der Waals surface area contributed by atoms with Crippen molar-refractivity contribution in [1.82, 2.24) is 0 Å². The van der Waals surface area contributed by atoms with E-state index < -0.39 is 0 Å². The van der Waals surface area contributed by atoms with Crippen molar-refractivity contribution in [3.8, 4) is 0 Å². The summed E-state index contributed by atoms with van der Waals surface area (Å²) in [6.07, 6.45) is 2.12. The van der Waals surface area contributed by atoms with Crippen LogP contribution in [-0.2, 0) is 10.2 Å². The van der Waals surface area contributed by atoms with Gasteiger partial charge in [-0.25, -0.2) is 0 Å². The molecule has 0 aliphatic heterocycles. The van der Waals surface area contributed by atoms with Crippen LogP contribution < -0.4 is 0 Å². The molecular weight excluding hydrogens is 252 g/mol. The largest absolute Gasteiger partial charge is 0.303 e. The third-order valence-electron chi connectivity index (χ3n) is 3.64. The summed E-state index contributed by atoms with van der Waals surface area (Å²) in [4.78, 5) is 10.9. The number of hydrogen-bond donors (Lipinski definition) is 0. The van der Waals surface area contributed by atoms with Gasteiger partial charge in [0.15, 0.2) is 0 Å². The zero-order valence-corrected chi connectivity index (χ0v) is 10.6. The maximum absolute atomic E-state index is 10.9. The van der Waals surface area contributed by atoms with Gasteiger partial charge in [0, 0.05) is 15.8 Å². The number of halogens is 1. The van der Waals surface area contributed by atoms with Crippen LogP contribution in [0, 0.1) is 11.8 Å². The summed E-state index contributed by atoms with van der Waals surface area (Å²) in [7, 11) is 0. The van der Waals surface area contributed by atoms with E-state index in [1.807, 2.05) is 0 Å². The first-order chi connectivity index (χ1) is 7.11. The first kappa shape index (κ1) is 10.9. The Labute approximate surface area is 99.0 Å². The fourth-order valence-electron chi connectivity index (χ4n) is 2.56. The van der Waals surface area contributed by atoms with Crippen LogP contribution in [0.25, 0.3) is 0 Å². The van der Waals surface area contributed by atoms with E-state index in [0.29, 0.717) is 5.92 Å². The summed E-state index contributed by atoms with van der Waals surface area (Å²) in [5.74, 6) is 0.743. The SMILES string of the molecule is CC(C)C1(c2ccc(Br)cc2)CC1C=O. The molecule has 1 aromatic carbocycles. The van der Waals surface area contributed by atoms with Crippen LogP contribution in [0.4, 0.5) is 0 Å². The number of carbonyl (C=O) groups is 1. The van der Waals surface area contributed by atoms with E-state index in [2.05, 4.69) is 54.0 Å². The highest BCUT2D eigenvalue weighted by molar-refractivity contribution is 9.10. The summed E-state index contributed by atoms with van der Waals surface area (Å²) in [6.45, 7) is 4.40. The van der Waals surface area contributed by atoms with Gasteiger partial charge in [-0.05, 0) is 30.0 Å². The lowest BCUT2D eigenvalue weighted by molar-refractivity contribution is -0.109. The quantitative estimate of drug-likeness (QED) is 0.765. The lowest BCUT2D eigenvalue weighted by Gasteiger charge is -2.21. The molecule has 2 atom stereocenters. The molecule has 0 saturated heterocycles. The first-order valence-corrected chi connectivity index (χ1v) is 6.12. The fourth-order valence-corrected chi connectivity index (χ4v) is 2.83. The zero-order chi connectivity index (χ0) is 11.1. The van der Waals surface area contributed by atoms with Gasteiger partial charge in [-0.3, -0.25) is 0 Å². The summed E-state index contributed by atoms with van der Waals surface area (Å²) >= 11 is 3.43. The third-order valence-corrected chi connectivity index (χ3v) is 4.16. The van der Waals surface area contributed by atoms with Crippen molar-refractivity contribution < 1.29 is 4.79 Å². The number of hydrogen-bond acceptors (Lipinski definition) is 1. The first-order valence-electron chi connectivity index (χ1n) is 5.32. The molecule has 1 nitrogen and oxygen atoms in total. The molecule has 0 bridgehead atoms. The second-order valence-electron chi connectivity index (χ2n) is 4.65. The van der Waals surface area contributed by atoms with Gasteiger partial charge >= 0.3 is 0 Å². The molecule has 2 unspecified atom stereocenters. The van der Waals surface area contributed by atoms with Gasteiger partial charge < -0.3 is 4.79 Å². The smallest absolute Gasteiger partial charge is 0.124 e. The van der Waals surface area contributed by atoms with Gasteiger partial charge in [0.25, 0.3) is 0 Å². The van der Waals surface area contributed by atoms with Crippen molar-refractivity contribution in [2.45, 2.75) is 25.7 Å². The van der Waals surface area contributed by atoms with Crippen LogP contribution in [0.2, 0.25) is 0 Å². The van der Waals surface area contributed by atoms with Crippen LogP contribution >= 0.6 is 15.9 Å². The van der Waals surface area contributed by atoms with Crippen molar-refractivity contribution in [2.75, 3.05) is 0 Å². The Morgan fingerprint density at radius 3 is 2.40 bits per heavy atom. The third kappa shape index (κ3) is 1.65. The minimum absolute atomic E-state index is 0.114. The van der Waals surface area contributed by atoms with Gasteiger partial charge in [0.1, 0.15) is 6.29 Å². The Kier molecular flexibility index (Phi) is 2.72. The molecule has 1 aromatic rings. The molecule has 15 heavy (non-hydrogen) atoms. The van der Waals surface area contributed by atoms with Gasteiger partial charge in [-0.1, -0.05) is 41.9 Å². The molecular formula is C13H15BrO. The summed E-state index contributed by atoms with van der Waals surface area (Å²) in [5, 5.41) is 0. The zero-order valence-electron chi connectivity index (χ0n) is 9.03. The number of aldehydes is 1. The van der Waals surface area contributed by atoms with E-state index in [-0.39, 0.29) is 11.3 Å². The van der Waals surface area contributed by atoms with Crippen LogP contribution in [-0.4, -0.2) is 6.29 Å². The van der Waals surface area contributed by atoms with Gasteiger partial charge in [-0.15, -0.1) is 0 Å². The lowest BCUT2D eigenvalue weighted by atomic mass is 9.83. The van der Waals surface area contributed by atoms with E-state index in [1.165, 1.54) is 5.56 Å². The molecule has 0 spiro atoms. The molecule has 2 rings (SSSR count). The average Bonchev–Trinajstić information content (AvgIpc) is 2.94. The Hall–Kier alpha value is -0.630. The van der Waals surface area contributed by atoms with Crippen LogP contribution in [0.1, 0.15) is 25.8 Å². The predicted molar refractivity (Wildman–Crippen MR) is 64.8 cm³/mol. The Morgan fingerprint density at radius 2 is 2.00 bits per heavy atom. The standard InChI is InChI=1S/C13H15BrO/c1-9(2)13(7-11(13)8-15)10-3-5-12(14)6-4-10/h3-6,8-9,11H,7H2,1-2H3. The summed E-state index contributed by atoms with van der Waals surface area (Å²) in [6, 6.07) is 8.38. The molecule has 0 radical (unpaired) electrons. The predicted octanol–water partition coefficient (Wildman–Crippen LogP) is 3.56. The monoisotopic (exact) mass is 266 g/mol. The molecule has 0 heterocycles. The second-order valence-corrected chi connectivity index (χ2v) is 5.56. The second kappa shape index (κ2) is 3.75. The topological polar surface area (TPSA) is 17.1 Å². The van der Waals surface area contributed by atoms with Gasteiger partial charge in [0.2, 0.25) is 0 Å². The maximum atomic E-state index is 10.9. The van der Waals surface area contributed by atoms with Crippen molar-refractivity contribution in [2.24, 2.45) is 11.8 Å². The lowest BCUT2D eigenvalue weighted by Crippen LogP contribution is -2.18. The molecule has 1 fully saturated rings. The molecule has 1 aliphatic rings. The van der Waals surface area contributed by atoms with Crippen LogP contribution in [0.5, 0.6) is 0 Å². The summed E-state index contributed by atoms with van der Waals surface area (Å²) in [5.41, 5.74) is 1.42. The van der Waals surface area contributed by atoms with Gasteiger partial charge in [-0.2, -0.15) is 0 Å². The average molecular weight is 267 g/mol. The minimum Gasteiger partial charge on any atom is -0.303 e.